The average Bonchev–Trinajstić information content (AvgIpc) is 3.54. The van der Waals surface area contributed by atoms with Gasteiger partial charge in [0.25, 0.3) is 5.91 Å². The quantitative estimate of drug-likeness (QED) is 0.345. The molecule has 2 fully saturated rings. The van der Waals surface area contributed by atoms with Crippen molar-refractivity contribution in [1.82, 2.24) is 14.9 Å². The molecule has 2 heterocycles. The van der Waals surface area contributed by atoms with Crippen LogP contribution in [0, 0.1) is 18.8 Å². The fourth-order valence-corrected chi connectivity index (χ4v) is 6.75. The molecule has 2 aliphatic rings. The molecule has 1 aromatic carbocycles. The lowest BCUT2D eigenvalue weighted by Gasteiger charge is -2.24. The van der Waals surface area contributed by atoms with Gasteiger partial charge in [-0.1, -0.05) is 38.5 Å². The molecule has 3 aromatic rings. The monoisotopic (exact) mass is 505 g/mol. The Hall–Kier alpha value is -2.60. The van der Waals surface area contributed by atoms with Crippen molar-refractivity contribution in [2.45, 2.75) is 77.7 Å². The summed E-state index contributed by atoms with van der Waals surface area (Å²) in [4.78, 5) is 18.3. The second kappa shape index (κ2) is 11.6. The predicted molar refractivity (Wildman–Crippen MR) is 148 cm³/mol. The van der Waals surface area contributed by atoms with Crippen LogP contribution >= 0.6 is 11.3 Å². The summed E-state index contributed by atoms with van der Waals surface area (Å²) in [7, 11) is 1.68. The van der Waals surface area contributed by atoms with E-state index < -0.39 is 0 Å². The molecule has 1 amide bonds. The molecule has 1 N–H and O–H groups in total. The minimum absolute atomic E-state index is 0.0623. The molecule has 0 atom stereocenters. The molecule has 36 heavy (non-hydrogen) atoms. The van der Waals surface area contributed by atoms with Gasteiger partial charge in [0.1, 0.15) is 10.8 Å². The molecule has 2 saturated carbocycles. The standard InChI is InChI=1S/C30H39N3O2S/c1-21-26(29(34)31-18-22-9-5-3-6-10-22)17-28(33(21)19-23-11-7-4-8-12-23)27-20-36-30(32-27)24-13-15-25(35-2)16-14-24/h13-17,20,22-23H,3-12,18-19H2,1-2H3,(H,31,34). The summed E-state index contributed by atoms with van der Waals surface area (Å²) < 4.78 is 7.68. The molecule has 0 bridgehead atoms. The SMILES string of the molecule is COc1ccc(-c2nc(-c3cc(C(=O)NCC4CCCCC4)c(C)n3CC3CCCCC3)cs2)cc1. The third-order valence-corrected chi connectivity index (χ3v) is 9.05. The lowest BCUT2D eigenvalue weighted by molar-refractivity contribution is 0.0942. The lowest BCUT2D eigenvalue weighted by atomic mass is 9.89. The normalized spacial score (nSPS) is 17.3. The van der Waals surface area contributed by atoms with Crippen LogP contribution in [-0.2, 0) is 6.54 Å². The first-order chi connectivity index (χ1) is 17.6. The minimum atomic E-state index is 0.0623. The third kappa shape index (κ3) is 5.69. The maximum atomic E-state index is 13.3. The first-order valence-electron chi connectivity index (χ1n) is 13.7. The lowest BCUT2D eigenvalue weighted by Crippen LogP contribution is -2.30. The van der Waals surface area contributed by atoms with E-state index in [9.17, 15) is 4.79 Å². The van der Waals surface area contributed by atoms with Crippen LogP contribution in [0.1, 0.15) is 80.3 Å². The van der Waals surface area contributed by atoms with Gasteiger partial charge in [0.05, 0.1) is 24.1 Å². The molecule has 2 aliphatic carbocycles. The highest BCUT2D eigenvalue weighted by atomic mass is 32.1. The minimum Gasteiger partial charge on any atom is -0.497 e. The van der Waals surface area contributed by atoms with Gasteiger partial charge in [0.2, 0.25) is 0 Å². The van der Waals surface area contributed by atoms with E-state index >= 15 is 0 Å². The number of rotatable bonds is 8. The second-order valence-corrected chi connectivity index (χ2v) is 11.5. The topological polar surface area (TPSA) is 56.1 Å². The van der Waals surface area contributed by atoms with E-state index in [1.165, 1.54) is 64.2 Å². The summed E-state index contributed by atoms with van der Waals surface area (Å²) >= 11 is 1.65. The Labute approximate surface area is 219 Å². The fourth-order valence-electron chi connectivity index (χ4n) is 5.93. The van der Waals surface area contributed by atoms with Gasteiger partial charge < -0.3 is 14.6 Å². The van der Waals surface area contributed by atoms with Crippen LogP contribution in [0.2, 0.25) is 0 Å². The van der Waals surface area contributed by atoms with E-state index in [0.717, 1.165) is 52.1 Å². The number of hydrogen-bond donors (Lipinski definition) is 1. The van der Waals surface area contributed by atoms with E-state index in [2.05, 4.69) is 40.4 Å². The van der Waals surface area contributed by atoms with Crippen LogP contribution in [0.4, 0.5) is 0 Å². The average molecular weight is 506 g/mol. The van der Waals surface area contributed by atoms with Gasteiger partial charge in [0.15, 0.2) is 0 Å². The van der Waals surface area contributed by atoms with Crippen molar-refractivity contribution in [1.29, 1.82) is 0 Å². The Morgan fingerprint density at radius 1 is 1.03 bits per heavy atom. The van der Waals surface area contributed by atoms with Crippen molar-refractivity contribution in [3.63, 3.8) is 0 Å². The number of ether oxygens (including phenoxy) is 1. The van der Waals surface area contributed by atoms with Crippen LogP contribution in [0.5, 0.6) is 5.75 Å². The largest absolute Gasteiger partial charge is 0.497 e. The zero-order valence-corrected chi connectivity index (χ0v) is 22.5. The number of benzene rings is 1. The molecule has 5 rings (SSSR count). The first kappa shape index (κ1) is 25.1. The van der Waals surface area contributed by atoms with Crippen molar-refractivity contribution in [3.8, 4) is 27.7 Å². The van der Waals surface area contributed by atoms with Crippen molar-refractivity contribution < 1.29 is 9.53 Å². The van der Waals surface area contributed by atoms with Crippen molar-refractivity contribution >= 4 is 17.2 Å². The van der Waals surface area contributed by atoms with Gasteiger partial charge in [0, 0.05) is 29.7 Å². The number of hydrogen-bond acceptors (Lipinski definition) is 4. The number of thiazole rings is 1. The molecule has 0 saturated heterocycles. The fraction of sp³-hybridized carbons (Fsp3) is 0.533. The van der Waals surface area contributed by atoms with Gasteiger partial charge in [-0.25, -0.2) is 4.98 Å². The molecule has 6 heteroatoms. The summed E-state index contributed by atoms with van der Waals surface area (Å²) in [6.07, 6.45) is 12.9. The van der Waals surface area contributed by atoms with Gasteiger partial charge in [-0.05, 0) is 74.8 Å². The van der Waals surface area contributed by atoms with Crippen molar-refractivity contribution in [3.05, 3.63) is 47.0 Å². The molecule has 0 aliphatic heterocycles. The highest BCUT2D eigenvalue weighted by Gasteiger charge is 2.24. The number of methoxy groups -OCH3 is 1. The van der Waals surface area contributed by atoms with Crippen LogP contribution in [0.3, 0.4) is 0 Å². The van der Waals surface area contributed by atoms with Crippen molar-refractivity contribution in [2.75, 3.05) is 13.7 Å². The Morgan fingerprint density at radius 2 is 1.69 bits per heavy atom. The van der Waals surface area contributed by atoms with Gasteiger partial charge >= 0.3 is 0 Å². The summed E-state index contributed by atoms with van der Waals surface area (Å²) in [5, 5.41) is 6.38. The van der Waals surface area contributed by atoms with Crippen LogP contribution in [-0.4, -0.2) is 29.1 Å². The molecule has 5 nitrogen and oxygen atoms in total. The summed E-state index contributed by atoms with van der Waals surface area (Å²) in [6.45, 7) is 3.87. The van der Waals surface area contributed by atoms with Crippen molar-refractivity contribution in [2.24, 2.45) is 11.8 Å². The highest BCUT2D eigenvalue weighted by molar-refractivity contribution is 7.13. The molecule has 0 unspecified atom stereocenters. The number of carbonyl (C=O) groups is 1. The van der Waals surface area contributed by atoms with E-state index in [4.69, 9.17) is 9.72 Å². The predicted octanol–water partition coefficient (Wildman–Crippen LogP) is 7.49. The van der Waals surface area contributed by atoms with E-state index in [1.54, 1.807) is 18.4 Å². The Kier molecular flexibility index (Phi) is 8.10. The molecule has 192 valence electrons. The Bertz CT molecular complexity index is 1150. The molecular weight excluding hydrogens is 466 g/mol. The summed E-state index contributed by atoms with van der Waals surface area (Å²) in [6, 6.07) is 10.1. The maximum absolute atomic E-state index is 13.3. The number of nitrogens with zero attached hydrogens (tertiary/aromatic N) is 2. The van der Waals surface area contributed by atoms with Gasteiger partial charge in [-0.3, -0.25) is 4.79 Å². The zero-order valence-electron chi connectivity index (χ0n) is 21.7. The van der Waals surface area contributed by atoms with E-state index in [1.807, 2.05) is 12.1 Å². The summed E-state index contributed by atoms with van der Waals surface area (Å²) in [5.41, 5.74) is 4.97. The Balaban J connectivity index is 1.41. The molecule has 0 radical (unpaired) electrons. The molecular formula is C30H39N3O2S. The number of carbonyl (C=O) groups excluding carboxylic acids is 1. The number of aromatic nitrogens is 2. The number of nitrogens with one attached hydrogen (secondary N) is 1. The maximum Gasteiger partial charge on any atom is 0.253 e. The zero-order chi connectivity index (χ0) is 24.9. The van der Waals surface area contributed by atoms with Gasteiger partial charge in [-0.15, -0.1) is 11.3 Å². The third-order valence-electron chi connectivity index (χ3n) is 8.16. The number of amides is 1. The van der Waals surface area contributed by atoms with Crippen LogP contribution in [0.25, 0.3) is 22.0 Å². The van der Waals surface area contributed by atoms with E-state index in [-0.39, 0.29) is 5.91 Å². The summed E-state index contributed by atoms with van der Waals surface area (Å²) in [5.74, 6) is 2.20. The van der Waals surface area contributed by atoms with E-state index in [0.29, 0.717) is 11.8 Å². The molecule has 2 aromatic heterocycles. The second-order valence-electron chi connectivity index (χ2n) is 10.6. The van der Waals surface area contributed by atoms with Gasteiger partial charge in [-0.2, -0.15) is 0 Å². The molecule has 0 spiro atoms. The van der Waals surface area contributed by atoms with Crippen LogP contribution in [0.15, 0.2) is 35.7 Å². The van der Waals surface area contributed by atoms with Crippen LogP contribution < -0.4 is 10.1 Å². The first-order valence-corrected chi connectivity index (χ1v) is 14.6. The smallest absolute Gasteiger partial charge is 0.253 e. The Morgan fingerprint density at radius 3 is 2.36 bits per heavy atom. The highest BCUT2D eigenvalue weighted by Crippen LogP contribution is 2.34.